The Bertz CT molecular complexity index is 788. The van der Waals surface area contributed by atoms with Crippen LogP contribution in [0, 0.1) is 0 Å². The van der Waals surface area contributed by atoms with Gasteiger partial charge >= 0.3 is 0 Å². The van der Waals surface area contributed by atoms with E-state index in [0.717, 1.165) is 0 Å². The second kappa shape index (κ2) is 7.99. The molecule has 2 aliphatic heterocycles. The normalized spacial score (nSPS) is 19.9. The quantitative estimate of drug-likeness (QED) is 0.832. The molecule has 0 radical (unpaired) electrons. The third-order valence-corrected chi connectivity index (χ3v) is 5.68. The molecule has 1 N–H and O–H groups in total. The number of piperidine rings is 1. The third-order valence-electron chi connectivity index (χ3n) is 5.45. The highest BCUT2D eigenvalue weighted by Gasteiger charge is 2.41. The Balaban J connectivity index is 1.80. The molecule has 0 unspecified atom stereocenters. The van der Waals surface area contributed by atoms with Gasteiger partial charge in [-0.15, -0.1) is 0 Å². The minimum atomic E-state index is -0.957. The number of likely N-dealkylation sites (tertiary alicyclic amines) is 1. The molecule has 2 aliphatic rings. The summed E-state index contributed by atoms with van der Waals surface area (Å²) < 4.78 is 6.13. The average molecular weight is 408 g/mol. The van der Waals surface area contributed by atoms with Crippen molar-refractivity contribution in [1.82, 2.24) is 15.1 Å². The summed E-state index contributed by atoms with van der Waals surface area (Å²) in [6.07, 6.45) is 1.32. The largest absolute Gasteiger partial charge is 0.489 e. The summed E-state index contributed by atoms with van der Waals surface area (Å²) in [5.41, 5.74) is -0.605. The number of piperazine rings is 1. The zero-order valence-electron chi connectivity index (χ0n) is 16.5. The molecule has 0 saturated carbocycles. The van der Waals surface area contributed by atoms with Gasteiger partial charge in [-0.25, -0.2) is 0 Å². The minimum Gasteiger partial charge on any atom is -0.489 e. The van der Waals surface area contributed by atoms with Crippen molar-refractivity contribution in [3.8, 4) is 5.75 Å². The molecule has 8 heteroatoms. The van der Waals surface area contributed by atoms with E-state index in [1.807, 2.05) is 0 Å². The first-order valence-corrected chi connectivity index (χ1v) is 9.90. The number of nitrogens with zero attached hydrogens (tertiary/aromatic N) is 2. The highest BCUT2D eigenvalue weighted by molar-refractivity contribution is 6.31. The van der Waals surface area contributed by atoms with Gasteiger partial charge in [0.1, 0.15) is 17.4 Å². The van der Waals surface area contributed by atoms with Crippen LogP contribution in [0.3, 0.4) is 0 Å². The molecular formula is C20H26ClN3O4. The number of carbonyl (C=O) groups is 3. The van der Waals surface area contributed by atoms with E-state index in [4.69, 9.17) is 16.3 Å². The predicted molar refractivity (Wildman–Crippen MR) is 105 cm³/mol. The van der Waals surface area contributed by atoms with E-state index >= 15 is 0 Å². The summed E-state index contributed by atoms with van der Waals surface area (Å²) in [7, 11) is 0. The Hall–Kier alpha value is -2.28. The summed E-state index contributed by atoms with van der Waals surface area (Å²) in [6.45, 7) is 7.11. The molecule has 3 amide bonds. The third kappa shape index (κ3) is 4.09. The number of hydrogen-bond donors (Lipinski definition) is 1. The SMILES string of the molecule is CC(=O)N1CCC(Oc2ccc(Cl)cc2C(=O)N2CCNC(=O)C2(C)C)CC1. The Labute approximate surface area is 169 Å². The monoisotopic (exact) mass is 407 g/mol. The fourth-order valence-electron chi connectivity index (χ4n) is 3.64. The Morgan fingerprint density at radius 2 is 1.89 bits per heavy atom. The van der Waals surface area contributed by atoms with Crippen LogP contribution in [-0.4, -0.2) is 65.3 Å². The molecule has 1 aromatic rings. The predicted octanol–water partition coefficient (Wildman–Crippen LogP) is 2.08. The van der Waals surface area contributed by atoms with E-state index < -0.39 is 5.54 Å². The van der Waals surface area contributed by atoms with Crippen LogP contribution in [0.5, 0.6) is 5.75 Å². The summed E-state index contributed by atoms with van der Waals surface area (Å²) in [5.74, 6) is 0.0515. The molecule has 2 fully saturated rings. The molecule has 28 heavy (non-hydrogen) atoms. The van der Waals surface area contributed by atoms with Crippen LogP contribution in [0.2, 0.25) is 5.02 Å². The van der Waals surface area contributed by atoms with Crippen LogP contribution in [0.4, 0.5) is 0 Å². The standard InChI is InChI=1S/C20H26ClN3O4/c1-13(25)23-9-6-15(7-10-23)28-17-5-4-14(21)12-16(17)18(26)24-11-8-22-19(27)20(24,2)3/h4-5,12,15H,6-11H2,1-3H3,(H,22,27). The maximum atomic E-state index is 13.3. The van der Waals surface area contributed by atoms with Gasteiger partial charge in [0.05, 0.1) is 5.56 Å². The molecule has 1 aromatic carbocycles. The van der Waals surface area contributed by atoms with Crippen molar-refractivity contribution >= 4 is 29.3 Å². The van der Waals surface area contributed by atoms with Crippen molar-refractivity contribution in [3.05, 3.63) is 28.8 Å². The zero-order valence-corrected chi connectivity index (χ0v) is 17.2. The van der Waals surface area contributed by atoms with Gasteiger partial charge in [-0.1, -0.05) is 11.6 Å². The molecule has 7 nitrogen and oxygen atoms in total. The van der Waals surface area contributed by atoms with Crippen molar-refractivity contribution in [2.75, 3.05) is 26.2 Å². The average Bonchev–Trinajstić information content (AvgIpc) is 2.65. The topological polar surface area (TPSA) is 79.0 Å². The van der Waals surface area contributed by atoms with Crippen molar-refractivity contribution in [3.63, 3.8) is 0 Å². The fourth-order valence-corrected chi connectivity index (χ4v) is 3.81. The second-order valence-electron chi connectivity index (χ2n) is 7.74. The number of ether oxygens (including phenoxy) is 1. The Kier molecular flexibility index (Phi) is 5.84. The summed E-state index contributed by atoms with van der Waals surface area (Å²) in [5, 5.41) is 3.22. The highest BCUT2D eigenvalue weighted by Crippen LogP contribution is 2.30. The van der Waals surface area contributed by atoms with Crippen LogP contribution in [0.1, 0.15) is 44.0 Å². The fraction of sp³-hybridized carbons (Fsp3) is 0.550. The Morgan fingerprint density at radius 3 is 2.54 bits per heavy atom. The maximum absolute atomic E-state index is 13.3. The summed E-state index contributed by atoms with van der Waals surface area (Å²) in [4.78, 5) is 40.3. The zero-order chi connectivity index (χ0) is 20.5. The number of amides is 3. The van der Waals surface area contributed by atoms with Gasteiger partial charge in [0, 0.05) is 51.0 Å². The van der Waals surface area contributed by atoms with Gasteiger partial charge in [0.15, 0.2) is 0 Å². The second-order valence-corrected chi connectivity index (χ2v) is 8.17. The van der Waals surface area contributed by atoms with E-state index in [1.54, 1.807) is 48.8 Å². The lowest BCUT2D eigenvalue weighted by Gasteiger charge is -2.41. The number of halogens is 1. The molecule has 3 rings (SSSR count). The smallest absolute Gasteiger partial charge is 0.258 e. The van der Waals surface area contributed by atoms with Crippen molar-refractivity contribution in [2.45, 2.75) is 45.3 Å². The molecule has 0 bridgehead atoms. The van der Waals surface area contributed by atoms with Crippen LogP contribution in [-0.2, 0) is 9.59 Å². The van der Waals surface area contributed by atoms with Crippen LogP contribution in [0.15, 0.2) is 18.2 Å². The number of rotatable bonds is 3. The molecule has 0 spiro atoms. The number of carbonyl (C=O) groups excluding carboxylic acids is 3. The van der Waals surface area contributed by atoms with Crippen LogP contribution >= 0.6 is 11.6 Å². The first kappa shape index (κ1) is 20.5. The summed E-state index contributed by atoms with van der Waals surface area (Å²) >= 11 is 6.15. The minimum absolute atomic E-state index is 0.0615. The molecule has 152 valence electrons. The molecule has 0 aliphatic carbocycles. The van der Waals surface area contributed by atoms with Gasteiger partial charge in [-0.2, -0.15) is 0 Å². The van der Waals surface area contributed by atoms with Crippen molar-refractivity contribution in [2.24, 2.45) is 0 Å². The molecule has 0 atom stereocenters. The van der Waals surface area contributed by atoms with E-state index in [1.165, 1.54) is 0 Å². The number of benzene rings is 1. The van der Waals surface area contributed by atoms with Crippen LogP contribution < -0.4 is 10.1 Å². The van der Waals surface area contributed by atoms with E-state index in [0.29, 0.717) is 55.4 Å². The lowest BCUT2D eigenvalue weighted by molar-refractivity contribution is -0.133. The van der Waals surface area contributed by atoms with Crippen molar-refractivity contribution in [1.29, 1.82) is 0 Å². The first-order valence-electron chi connectivity index (χ1n) is 9.52. The number of hydrogen-bond acceptors (Lipinski definition) is 4. The molecular weight excluding hydrogens is 382 g/mol. The van der Waals surface area contributed by atoms with Gasteiger partial charge in [-0.05, 0) is 32.0 Å². The molecule has 2 saturated heterocycles. The number of nitrogens with one attached hydrogen (secondary N) is 1. The van der Waals surface area contributed by atoms with Gasteiger partial charge in [0.2, 0.25) is 11.8 Å². The van der Waals surface area contributed by atoms with E-state index in [9.17, 15) is 14.4 Å². The summed E-state index contributed by atoms with van der Waals surface area (Å²) in [6, 6.07) is 4.98. The lowest BCUT2D eigenvalue weighted by atomic mass is 9.97. The van der Waals surface area contributed by atoms with Gasteiger partial charge < -0.3 is 19.9 Å². The molecule has 0 aromatic heterocycles. The van der Waals surface area contributed by atoms with Gasteiger partial charge in [-0.3, -0.25) is 14.4 Å². The molecule has 2 heterocycles. The lowest BCUT2D eigenvalue weighted by Crippen LogP contribution is -2.63. The first-order chi connectivity index (χ1) is 13.2. The van der Waals surface area contributed by atoms with Crippen LogP contribution in [0.25, 0.3) is 0 Å². The van der Waals surface area contributed by atoms with Gasteiger partial charge in [0.25, 0.3) is 5.91 Å². The van der Waals surface area contributed by atoms with E-state index in [2.05, 4.69) is 5.32 Å². The van der Waals surface area contributed by atoms with Crippen molar-refractivity contribution < 1.29 is 19.1 Å². The maximum Gasteiger partial charge on any atom is 0.258 e. The Morgan fingerprint density at radius 1 is 1.21 bits per heavy atom. The highest BCUT2D eigenvalue weighted by atomic mass is 35.5. The van der Waals surface area contributed by atoms with E-state index in [-0.39, 0.29) is 23.8 Å².